The number of anilines is 1. The zero-order valence-electron chi connectivity index (χ0n) is 18.6. The molecule has 0 unspecified atom stereocenters. The van der Waals surface area contributed by atoms with Gasteiger partial charge in [0.25, 0.3) is 5.91 Å². The molecule has 0 bridgehead atoms. The lowest BCUT2D eigenvalue weighted by Crippen LogP contribution is -2.49. The van der Waals surface area contributed by atoms with Crippen LogP contribution in [0.25, 0.3) is 22.0 Å². The summed E-state index contributed by atoms with van der Waals surface area (Å²) in [6, 6.07) is 12.4. The number of pyridine rings is 1. The van der Waals surface area contributed by atoms with Crippen molar-refractivity contribution in [3.63, 3.8) is 0 Å². The number of aryl methyl sites for hydroxylation is 2. The third-order valence-corrected chi connectivity index (χ3v) is 6.16. The molecule has 2 aromatic heterocycles. The second-order valence-corrected chi connectivity index (χ2v) is 8.45. The lowest BCUT2D eigenvalue weighted by atomic mass is 10.0. The van der Waals surface area contributed by atoms with Crippen LogP contribution in [0, 0.1) is 12.7 Å². The molecule has 1 fully saturated rings. The summed E-state index contributed by atoms with van der Waals surface area (Å²) >= 11 is 0. The van der Waals surface area contributed by atoms with E-state index in [9.17, 15) is 4.79 Å². The topological polar surface area (TPSA) is 75.9 Å². The lowest BCUT2D eigenvalue weighted by Gasteiger charge is -2.35. The average molecular weight is 445 g/mol. The van der Waals surface area contributed by atoms with Gasteiger partial charge in [0.05, 0.1) is 17.8 Å². The number of rotatable bonds is 4. The number of hydrogen-bond donors (Lipinski definition) is 1. The Labute approximate surface area is 191 Å². The SMILES string of the molecule is Cc1cccc2ccnc(N(C(=O)c3ccc(-c4cn(C)nn4)cc3F)[C@@H]3CCCNC3)c12. The van der Waals surface area contributed by atoms with Crippen molar-refractivity contribution < 1.29 is 9.18 Å². The first-order valence-electron chi connectivity index (χ1n) is 11.1. The van der Waals surface area contributed by atoms with Crippen molar-refractivity contribution in [3.8, 4) is 11.3 Å². The molecular formula is C25H25FN6O. The summed E-state index contributed by atoms with van der Waals surface area (Å²) in [6.07, 6.45) is 5.18. The Morgan fingerprint density at radius 3 is 2.85 bits per heavy atom. The van der Waals surface area contributed by atoms with Gasteiger partial charge in [-0.1, -0.05) is 29.5 Å². The molecule has 1 aliphatic heterocycles. The highest BCUT2D eigenvalue weighted by Crippen LogP contribution is 2.32. The van der Waals surface area contributed by atoms with E-state index in [0.717, 1.165) is 35.7 Å². The van der Waals surface area contributed by atoms with Gasteiger partial charge in [0, 0.05) is 30.7 Å². The van der Waals surface area contributed by atoms with Gasteiger partial charge in [-0.05, 0) is 55.5 Å². The molecule has 0 spiro atoms. The second kappa shape index (κ2) is 8.71. The van der Waals surface area contributed by atoms with E-state index in [1.54, 1.807) is 35.1 Å². The van der Waals surface area contributed by atoms with Gasteiger partial charge in [0.15, 0.2) is 0 Å². The summed E-state index contributed by atoms with van der Waals surface area (Å²) in [7, 11) is 1.75. The molecule has 7 nitrogen and oxygen atoms in total. The standard InChI is InChI=1S/C25H25FN6O/c1-16-5-3-6-17-10-12-28-24(23(16)17)32(19-7-4-11-27-14-19)25(33)20-9-8-18(13-21(20)26)22-15-31(2)30-29-22/h3,5-6,8-10,12-13,15,19,27H,4,7,11,14H2,1-2H3/t19-/m1/s1. The molecule has 5 rings (SSSR count). The van der Waals surface area contributed by atoms with Crippen LogP contribution in [0.3, 0.4) is 0 Å². The third-order valence-electron chi connectivity index (χ3n) is 6.16. The fourth-order valence-corrected chi connectivity index (χ4v) is 4.52. The fraction of sp³-hybridized carbons (Fsp3) is 0.280. The largest absolute Gasteiger partial charge is 0.315 e. The van der Waals surface area contributed by atoms with E-state index in [2.05, 4.69) is 20.6 Å². The van der Waals surface area contributed by atoms with E-state index in [1.165, 1.54) is 12.1 Å². The molecule has 1 N–H and O–H groups in total. The summed E-state index contributed by atoms with van der Waals surface area (Å²) in [5, 5.41) is 13.2. The van der Waals surface area contributed by atoms with E-state index >= 15 is 4.39 Å². The maximum Gasteiger partial charge on any atom is 0.262 e. The van der Waals surface area contributed by atoms with Gasteiger partial charge in [-0.3, -0.25) is 14.4 Å². The Morgan fingerprint density at radius 1 is 1.24 bits per heavy atom. The van der Waals surface area contributed by atoms with Crippen molar-refractivity contribution in [2.24, 2.45) is 7.05 Å². The number of piperidine rings is 1. The van der Waals surface area contributed by atoms with Gasteiger partial charge in [-0.15, -0.1) is 5.10 Å². The highest BCUT2D eigenvalue weighted by atomic mass is 19.1. The van der Waals surface area contributed by atoms with Crippen molar-refractivity contribution in [3.05, 3.63) is 71.8 Å². The number of nitrogens with one attached hydrogen (secondary N) is 1. The van der Waals surface area contributed by atoms with Gasteiger partial charge in [-0.25, -0.2) is 9.37 Å². The molecular weight excluding hydrogens is 419 g/mol. The molecule has 8 heteroatoms. The average Bonchev–Trinajstić information content (AvgIpc) is 3.26. The molecule has 168 valence electrons. The lowest BCUT2D eigenvalue weighted by molar-refractivity contribution is 0.0968. The van der Waals surface area contributed by atoms with Crippen LogP contribution in [-0.2, 0) is 7.05 Å². The highest BCUT2D eigenvalue weighted by molar-refractivity contribution is 6.11. The Bertz CT molecular complexity index is 1320. The minimum atomic E-state index is -0.589. The van der Waals surface area contributed by atoms with Crippen LogP contribution >= 0.6 is 0 Å². The summed E-state index contributed by atoms with van der Waals surface area (Å²) in [5.41, 5.74) is 2.16. The van der Waals surface area contributed by atoms with Crippen molar-refractivity contribution in [1.82, 2.24) is 25.3 Å². The van der Waals surface area contributed by atoms with Gasteiger partial charge < -0.3 is 5.32 Å². The molecule has 0 saturated carbocycles. The summed E-state index contributed by atoms with van der Waals surface area (Å²) in [6.45, 7) is 3.54. The van der Waals surface area contributed by atoms with Crippen molar-refractivity contribution >= 4 is 22.5 Å². The van der Waals surface area contributed by atoms with Crippen molar-refractivity contribution in [2.75, 3.05) is 18.0 Å². The number of carbonyl (C=O) groups excluding carboxylic acids is 1. The number of halogens is 1. The maximum absolute atomic E-state index is 15.3. The van der Waals surface area contributed by atoms with E-state index in [-0.39, 0.29) is 11.6 Å². The van der Waals surface area contributed by atoms with Crippen LogP contribution in [0.1, 0.15) is 28.8 Å². The van der Waals surface area contributed by atoms with E-state index in [4.69, 9.17) is 0 Å². The highest BCUT2D eigenvalue weighted by Gasteiger charge is 2.31. The quantitative estimate of drug-likeness (QED) is 0.517. The minimum absolute atomic E-state index is 0.0144. The van der Waals surface area contributed by atoms with Crippen molar-refractivity contribution in [1.29, 1.82) is 0 Å². The van der Waals surface area contributed by atoms with Crippen LogP contribution in [0.2, 0.25) is 0 Å². The molecule has 1 atom stereocenters. The zero-order chi connectivity index (χ0) is 22.9. The minimum Gasteiger partial charge on any atom is -0.315 e. The Kier molecular flexibility index (Phi) is 5.60. The number of carbonyl (C=O) groups is 1. The van der Waals surface area contributed by atoms with E-state index in [0.29, 0.717) is 23.6 Å². The Morgan fingerprint density at radius 2 is 2.12 bits per heavy atom. The predicted molar refractivity (Wildman–Crippen MR) is 126 cm³/mol. The van der Waals surface area contributed by atoms with E-state index in [1.807, 2.05) is 31.2 Å². The fourth-order valence-electron chi connectivity index (χ4n) is 4.52. The first-order valence-corrected chi connectivity index (χ1v) is 11.1. The third kappa shape index (κ3) is 3.98. The number of amides is 1. The molecule has 33 heavy (non-hydrogen) atoms. The Hall–Kier alpha value is -3.65. The molecule has 1 amide bonds. The van der Waals surface area contributed by atoms with Crippen molar-refractivity contribution in [2.45, 2.75) is 25.8 Å². The Balaban J connectivity index is 1.60. The summed E-state index contributed by atoms with van der Waals surface area (Å²) < 4.78 is 16.8. The van der Waals surface area contributed by atoms with Crippen LogP contribution in [0.5, 0.6) is 0 Å². The van der Waals surface area contributed by atoms with Crippen LogP contribution in [0.15, 0.2) is 54.9 Å². The molecule has 0 radical (unpaired) electrons. The molecule has 0 aliphatic carbocycles. The zero-order valence-corrected chi connectivity index (χ0v) is 18.6. The smallest absolute Gasteiger partial charge is 0.262 e. The van der Waals surface area contributed by atoms with Gasteiger partial charge in [0.1, 0.15) is 17.3 Å². The first-order chi connectivity index (χ1) is 16.0. The first kappa shape index (κ1) is 21.2. The van der Waals surface area contributed by atoms with E-state index < -0.39 is 11.7 Å². The van der Waals surface area contributed by atoms with Crippen LogP contribution < -0.4 is 10.2 Å². The number of hydrogen-bond acceptors (Lipinski definition) is 5. The van der Waals surface area contributed by atoms with Crippen LogP contribution in [0.4, 0.5) is 10.2 Å². The summed E-state index contributed by atoms with van der Waals surface area (Å²) in [4.78, 5) is 20.2. The number of benzene rings is 2. The maximum atomic E-state index is 15.3. The predicted octanol–water partition coefficient (Wildman–Crippen LogP) is 3.88. The van der Waals surface area contributed by atoms with Gasteiger partial charge in [-0.2, -0.15) is 0 Å². The monoisotopic (exact) mass is 444 g/mol. The molecule has 3 heterocycles. The number of fused-ring (bicyclic) bond motifs is 1. The van der Waals surface area contributed by atoms with Gasteiger partial charge >= 0.3 is 0 Å². The number of nitrogens with zero attached hydrogens (tertiary/aromatic N) is 5. The molecule has 1 aliphatic rings. The van der Waals surface area contributed by atoms with Crippen LogP contribution in [-0.4, -0.2) is 45.0 Å². The molecule has 2 aromatic carbocycles. The molecule has 1 saturated heterocycles. The summed E-state index contributed by atoms with van der Waals surface area (Å²) in [5.74, 6) is -0.411. The second-order valence-electron chi connectivity index (χ2n) is 8.45. The number of aromatic nitrogens is 4. The van der Waals surface area contributed by atoms with Gasteiger partial charge in [0.2, 0.25) is 0 Å². The molecule has 4 aromatic rings. The normalized spacial score (nSPS) is 16.2.